The van der Waals surface area contributed by atoms with Gasteiger partial charge in [0.05, 0.1) is 6.10 Å². The van der Waals surface area contributed by atoms with E-state index in [0.717, 1.165) is 50.9 Å². The molecule has 3 atom stereocenters. The predicted octanol–water partition coefficient (Wildman–Crippen LogP) is 4.62. The monoisotopic (exact) mass is 344 g/mol. The lowest BCUT2D eigenvalue weighted by molar-refractivity contribution is -0.137. The minimum absolute atomic E-state index is 0.0289. The molecule has 0 aliphatic heterocycles. The summed E-state index contributed by atoms with van der Waals surface area (Å²) in [5.41, 5.74) is 0. The van der Waals surface area contributed by atoms with Crippen LogP contribution in [0.3, 0.4) is 0 Å². The number of unbranched alkanes of at least 4 members (excludes halogenated alkanes) is 6. The molecule has 0 aromatic carbocycles. The Balaban J connectivity index is 0.000000446. The highest BCUT2D eigenvalue weighted by molar-refractivity contribution is 5.66. The number of carbonyl (C=O) groups is 1. The van der Waals surface area contributed by atoms with Gasteiger partial charge >= 0.3 is 5.97 Å². The van der Waals surface area contributed by atoms with Crippen molar-refractivity contribution in [2.24, 2.45) is 17.8 Å². The normalized spacial score (nSPS) is 23.7. The van der Waals surface area contributed by atoms with Gasteiger partial charge in [-0.15, -0.1) is 0 Å². The molecular weight excluding hydrogens is 304 g/mol. The standard InChI is InChI=1S/C10H20O3.C10H20O/c11-9-7-5-3-1-2-4-6-8-10(12)13;1-7(2)9-5-4-8(3)6-10(9)11/h11H,1-9H2,(H,12,13);7-11H,4-6H2,1-3H3. The van der Waals surface area contributed by atoms with Crippen molar-refractivity contribution in [2.75, 3.05) is 6.61 Å². The molecule has 24 heavy (non-hydrogen) atoms. The zero-order chi connectivity index (χ0) is 18.4. The SMILES string of the molecule is CC1CCC(C(C)C)C(O)C1.O=C(O)CCCCCCCCCO. The number of aliphatic hydroxyl groups excluding tert-OH is 2. The van der Waals surface area contributed by atoms with Gasteiger partial charge in [-0.2, -0.15) is 0 Å². The van der Waals surface area contributed by atoms with Crippen molar-refractivity contribution in [1.82, 2.24) is 0 Å². The van der Waals surface area contributed by atoms with Gasteiger partial charge in [-0.1, -0.05) is 59.3 Å². The number of carboxylic acid groups (broad SMARTS) is 1. The Hall–Kier alpha value is -0.610. The molecule has 0 aromatic rings. The molecule has 0 saturated heterocycles. The van der Waals surface area contributed by atoms with E-state index in [1.54, 1.807) is 0 Å². The van der Waals surface area contributed by atoms with E-state index < -0.39 is 5.97 Å². The predicted molar refractivity (Wildman–Crippen MR) is 99.0 cm³/mol. The van der Waals surface area contributed by atoms with Crippen molar-refractivity contribution in [3.05, 3.63) is 0 Å². The molecule has 0 aromatic heterocycles. The molecule has 1 fully saturated rings. The van der Waals surface area contributed by atoms with Crippen LogP contribution in [-0.2, 0) is 4.79 Å². The maximum Gasteiger partial charge on any atom is 0.303 e. The number of hydrogen-bond acceptors (Lipinski definition) is 3. The van der Waals surface area contributed by atoms with Gasteiger partial charge in [0.15, 0.2) is 0 Å². The lowest BCUT2D eigenvalue weighted by Gasteiger charge is -2.33. The van der Waals surface area contributed by atoms with Crippen molar-refractivity contribution in [2.45, 2.75) is 97.5 Å². The molecule has 0 spiro atoms. The van der Waals surface area contributed by atoms with Crippen LogP contribution in [0.1, 0.15) is 91.4 Å². The number of carboxylic acids is 1. The minimum Gasteiger partial charge on any atom is -0.481 e. The Morgan fingerprint density at radius 2 is 1.54 bits per heavy atom. The maximum atomic E-state index is 10.1. The summed E-state index contributed by atoms with van der Waals surface area (Å²) >= 11 is 0. The third-order valence-electron chi connectivity index (χ3n) is 5.04. The van der Waals surface area contributed by atoms with Gasteiger partial charge in [0, 0.05) is 13.0 Å². The molecule has 1 aliphatic carbocycles. The first kappa shape index (κ1) is 23.4. The average molecular weight is 345 g/mol. The second-order valence-electron chi connectivity index (χ2n) is 7.74. The minimum atomic E-state index is -0.694. The van der Waals surface area contributed by atoms with Crippen LogP contribution in [-0.4, -0.2) is 34.0 Å². The molecule has 1 rings (SSSR count). The summed E-state index contributed by atoms with van der Waals surface area (Å²) in [7, 11) is 0. The number of hydrogen-bond donors (Lipinski definition) is 3. The van der Waals surface area contributed by atoms with Gasteiger partial charge in [-0.25, -0.2) is 0 Å². The summed E-state index contributed by atoms with van der Waals surface area (Å²) in [6.45, 7) is 6.95. The van der Waals surface area contributed by atoms with Crippen molar-refractivity contribution >= 4 is 5.97 Å². The van der Waals surface area contributed by atoms with Gasteiger partial charge in [-0.3, -0.25) is 4.79 Å². The fraction of sp³-hybridized carbons (Fsp3) is 0.950. The fourth-order valence-corrected chi connectivity index (χ4v) is 3.42. The molecule has 4 nitrogen and oxygen atoms in total. The summed E-state index contributed by atoms with van der Waals surface area (Å²) in [5.74, 6) is 1.25. The van der Waals surface area contributed by atoms with E-state index in [4.69, 9.17) is 10.2 Å². The highest BCUT2D eigenvalue weighted by Gasteiger charge is 2.28. The highest BCUT2D eigenvalue weighted by Crippen LogP contribution is 2.33. The third kappa shape index (κ3) is 12.8. The van der Waals surface area contributed by atoms with Gasteiger partial charge in [0.25, 0.3) is 0 Å². The summed E-state index contributed by atoms with van der Waals surface area (Å²) in [5, 5.41) is 26.6. The van der Waals surface area contributed by atoms with Crippen LogP contribution in [0, 0.1) is 17.8 Å². The molecule has 0 bridgehead atoms. The van der Waals surface area contributed by atoms with Crippen molar-refractivity contribution in [1.29, 1.82) is 0 Å². The molecule has 1 aliphatic rings. The number of rotatable bonds is 10. The fourth-order valence-electron chi connectivity index (χ4n) is 3.42. The Bertz CT molecular complexity index is 304. The van der Waals surface area contributed by atoms with E-state index in [1.165, 1.54) is 19.3 Å². The first-order chi connectivity index (χ1) is 11.4. The third-order valence-corrected chi connectivity index (χ3v) is 5.04. The van der Waals surface area contributed by atoms with Crippen molar-refractivity contribution < 1.29 is 20.1 Å². The number of aliphatic carboxylic acids is 1. The first-order valence-corrected chi connectivity index (χ1v) is 9.89. The van der Waals surface area contributed by atoms with Gasteiger partial charge in [0.2, 0.25) is 0 Å². The molecule has 3 N–H and O–H groups in total. The van der Waals surface area contributed by atoms with Gasteiger partial charge in [-0.05, 0) is 43.4 Å². The van der Waals surface area contributed by atoms with Crippen LogP contribution in [0.25, 0.3) is 0 Å². The molecule has 0 radical (unpaired) electrons. The molecule has 1 saturated carbocycles. The zero-order valence-electron chi connectivity index (χ0n) is 16.0. The topological polar surface area (TPSA) is 77.8 Å². The Labute approximate surface area is 148 Å². The van der Waals surface area contributed by atoms with Crippen LogP contribution in [0.5, 0.6) is 0 Å². The smallest absolute Gasteiger partial charge is 0.303 e. The molecule has 0 amide bonds. The van der Waals surface area contributed by atoms with Crippen LogP contribution >= 0.6 is 0 Å². The van der Waals surface area contributed by atoms with Gasteiger partial charge in [0.1, 0.15) is 0 Å². The largest absolute Gasteiger partial charge is 0.481 e. The van der Waals surface area contributed by atoms with E-state index in [1.807, 2.05) is 0 Å². The molecule has 4 heteroatoms. The summed E-state index contributed by atoms with van der Waals surface area (Å²) in [6, 6.07) is 0. The van der Waals surface area contributed by atoms with E-state index in [9.17, 15) is 9.90 Å². The number of aliphatic hydroxyl groups is 2. The van der Waals surface area contributed by atoms with E-state index in [2.05, 4.69) is 20.8 Å². The van der Waals surface area contributed by atoms with Crippen LogP contribution < -0.4 is 0 Å². The second-order valence-corrected chi connectivity index (χ2v) is 7.74. The highest BCUT2D eigenvalue weighted by atomic mass is 16.4. The van der Waals surface area contributed by atoms with Crippen LogP contribution in [0.15, 0.2) is 0 Å². The Morgan fingerprint density at radius 1 is 1.00 bits per heavy atom. The lowest BCUT2D eigenvalue weighted by atomic mass is 9.75. The van der Waals surface area contributed by atoms with E-state index in [0.29, 0.717) is 24.9 Å². The molecule has 144 valence electrons. The van der Waals surface area contributed by atoms with Crippen molar-refractivity contribution in [3.63, 3.8) is 0 Å². The maximum absolute atomic E-state index is 10.1. The molecular formula is C20H40O4. The van der Waals surface area contributed by atoms with E-state index >= 15 is 0 Å². The average Bonchev–Trinajstić information content (AvgIpc) is 2.50. The Morgan fingerprint density at radius 3 is 2.00 bits per heavy atom. The van der Waals surface area contributed by atoms with Crippen molar-refractivity contribution in [3.8, 4) is 0 Å². The summed E-state index contributed by atoms with van der Waals surface area (Å²) in [6.07, 6.45) is 11.1. The Kier molecular flexibility index (Phi) is 14.3. The zero-order valence-corrected chi connectivity index (χ0v) is 16.0. The van der Waals surface area contributed by atoms with Gasteiger partial charge < -0.3 is 15.3 Å². The van der Waals surface area contributed by atoms with E-state index in [-0.39, 0.29) is 6.10 Å². The molecule has 0 heterocycles. The summed E-state index contributed by atoms with van der Waals surface area (Å²) in [4.78, 5) is 10.1. The van der Waals surface area contributed by atoms with Crippen LogP contribution in [0.4, 0.5) is 0 Å². The van der Waals surface area contributed by atoms with Crippen LogP contribution in [0.2, 0.25) is 0 Å². The lowest BCUT2D eigenvalue weighted by Crippen LogP contribution is -2.31. The quantitative estimate of drug-likeness (QED) is 0.505. The first-order valence-electron chi connectivity index (χ1n) is 9.89. The second kappa shape index (κ2) is 14.7. The summed E-state index contributed by atoms with van der Waals surface area (Å²) < 4.78 is 0. The molecule has 3 unspecified atom stereocenters.